The van der Waals surface area contributed by atoms with Gasteiger partial charge in [-0.1, -0.05) is 36.4 Å². The fourth-order valence-electron chi connectivity index (χ4n) is 4.33. The van der Waals surface area contributed by atoms with E-state index in [1.807, 2.05) is 0 Å². The molecule has 1 aromatic heterocycles. The Morgan fingerprint density at radius 3 is 1.59 bits per heavy atom. The molecule has 14 nitrogen and oxygen atoms in total. The molecule has 0 aliphatic carbocycles. The Hall–Kier alpha value is -5.94. The summed E-state index contributed by atoms with van der Waals surface area (Å²) in [6.07, 6.45) is 3.27. The molecule has 0 fully saturated rings. The van der Waals surface area contributed by atoms with Crippen molar-refractivity contribution in [3.8, 4) is 0 Å². The summed E-state index contributed by atoms with van der Waals surface area (Å²) in [6, 6.07) is 26.3. The van der Waals surface area contributed by atoms with Crippen LogP contribution >= 0.6 is 0 Å². The predicted molar refractivity (Wildman–Crippen MR) is 182 cm³/mol. The second-order valence-corrected chi connectivity index (χ2v) is 14.1. The van der Waals surface area contributed by atoms with Crippen LogP contribution in [-0.2, 0) is 26.6 Å². The van der Waals surface area contributed by atoms with Gasteiger partial charge in [0.25, 0.3) is 25.7 Å². The summed E-state index contributed by atoms with van der Waals surface area (Å²) in [5.74, 6) is -1.02. The highest BCUT2D eigenvalue weighted by molar-refractivity contribution is 7.93. The lowest BCUT2D eigenvalue weighted by Crippen LogP contribution is -2.26. The molecule has 0 spiro atoms. The van der Waals surface area contributed by atoms with Gasteiger partial charge in [0.05, 0.1) is 31.0 Å². The van der Waals surface area contributed by atoms with Crippen molar-refractivity contribution in [2.75, 3.05) is 28.0 Å². The van der Waals surface area contributed by atoms with E-state index in [1.54, 1.807) is 60.9 Å². The van der Waals surface area contributed by atoms with E-state index in [1.165, 1.54) is 62.6 Å². The Morgan fingerprint density at radius 2 is 1.12 bits per heavy atom. The molecule has 1 heterocycles. The monoisotopic (exact) mass is 708 g/mol. The van der Waals surface area contributed by atoms with Crippen LogP contribution in [0.2, 0.25) is 0 Å². The molecule has 5 rings (SSSR count). The summed E-state index contributed by atoms with van der Waals surface area (Å²) in [6.45, 7) is 0.376. The first-order valence-corrected chi connectivity index (χ1v) is 17.0. The van der Waals surface area contributed by atoms with Gasteiger partial charge in [0.1, 0.15) is 5.69 Å². The molecule has 1 N–H and O–H groups in total. The lowest BCUT2D eigenvalue weighted by atomic mass is 10.2. The summed E-state index contributed by atoms with van der Waals surface area (Å²) >= 11 is 0. The average molecular weight is 709 g/mol. The maximum atomic E-state index is 13.3. The molecule has 0 saturated carbocycles. The molecule has 0 amide bonds. The number of nitro groups is 2. The quantitative estimate of drug-likeness (QED) is 0.126. The Bertz CT molecular complexity index is 2160. The van der Waals surface area contributed by atoms with Gasteiger partial charge in [-0.25, -0.2) is 16.8 Å². The van der Waals surface area contributed by atoms with Crippen LogP contribution in [0.3, 0.4) is 0 Å². The minimum absolute atomic E-state index is 0.00644. The highest BCUT2D eigenvalue weighted by atomic mass is 32.2. The average Bonchev–Trinajstić information content (AvgIpc) is 3.11. The van der Waals surface area contributed by atoms with E-state index in [2.05, 4.69) is 10.3 Å². The molecule has 5 aromatic rings. The molecule has 0 bridgehead atoms. The first kappa shape index (κ1) is 35.9. The predicted octanol–water partition coefficient (Wildman–Crippen LogP) is 5.99. The summed E-state index contributed by atoms with van der Waals surface area (Å²) in [7, 11) is -5.06. The zero-order chi connectivity index (χ0) is 35.8. The van der Waals surface area contributed by atoms with Crippen molar-refractivity contribution in [2.24, 2.45) is 0 Å². The standard InChI is InChI=1S/C19H18N4O4S.C13H11FN2O4S/c1-22(28(26,27)17-5-3-2-4-6-17)16-7-8-18(19(13-16)23(24)25)21-14-15-9-11-20-12-10-15;1-15(21(19,20)11-5-3-2-4-6-11)10-7-8-12(14)13(9-10)16(17)18/h2-13,21H,14H2,1H3;2-9H,1H3. The number of nitro benzene ring substituents is 2. The Kier molecular flexibility index (Phi) is 11.2. The zero-order valence-corrected chi connectivity index (χ0v) is 27.6. The first-order chi connectivity index (χ1) is 23.2. The molecule has 49 heavy (non-hydrogen) atoms. The fourth-order valence-corrected chi connectivity index (χ4v) is 6.75. The lowest BCUT2D eigenvalue weighted by Gasteiger charge is -2.20. The van der Waals surface area contributed by atoms with Crippen molar-refractivity contribution in [1.82, 2.24) is 4.98 Å². The van der Waals surface area contributed by atoms with Gasteiger partial charge in [-0.2, -0.15) is 4.39 Å². The van der Waals surface area contributed by atoms with Crippen molar-refractivity contribution in [3.05, 3.63) is 153 Å². The Labute approximate surface area is 281 Å². The molecule has 0 unspecified atom stereocenters. The number of anilines is 3. The Balaban J connectivity index is 0.000000230. The Morgan fingerprint density at radius 1 is 0.673 bits per heavy atom. The number of nitrogens with one attached hydrogen (secondary N) is 1. The molecule has 0 aliphatic heterocycles. The van der Waals surface area contributed by atoms with Crippen molar-refractivity contribution >= 4 is 48.5 Å². The molecule has 0 atom stereocenters. The van der Waals surface area contributed by atoms with Crippen molar-refractivity contribution in [1.29, 1.82) is 0 Å². The molecule has 254 valence electrons. The molecule has 0 saturated heterocycles. The van der Waals surface area contributed by atoms with E-state index in [4.69, 9.17) is 0 Å². The number of nitrogens with zero attached hydrogens (tertiary/aromatic N) is 5. The maximum absolute atomic E-state index is 13.3. The molecule has 0 radical (unpaired) electrons. The topological polar surface area (TPSA) is 186 Å². The van der Waals surface area contributed by atoms with Crippen molar-refractivity contribution in [3.63, 3.8) is 0 Å². The van der Waals surface area contributed by atoms with E-state index in [0.717, 1.165) is 26.3 Å². The number of hydrogen-bond acceptors (Lipinski definition) is 10. The van der Waals surface area contributed by atoms with Gasteiger partial charge in [0.2, 0.25) is 5.82 Å². The number of aromatic nitrogens is 1. The second kappa shape index (κ2) is 15.3. The molecule has 17 heteroatoms. The number of hydrogen-bond donors (Lipinski definition) is 1. The van der Waals surface area contributed by atoms with Gasteiger partial charge in [-0.15, -0.1) is 0 Å². The third kappa shape index (κ3) is 8.51. The van der Waals surface area contributed by atoms with Gasteiger partial charge in [-0.05, 0) is 66.2 Å². The minimum atomic E-state index is -3.86. The summed E-state index contributed by atoms with van der Waals surface area (Å²) in [5.41, 5.74) is 0.439. The smallest absolute Gasteiger partial charge is 0.306 e. The normalized spacial score (nSPS) is 11.1. The van der Waals surface area contributed by atoms with Crippen LogP contribution in [-0.4, -0.2) is 45.8 Å². The zero-order valence-electron chi connectivity index (χ0n) is 26.0. The van der Waals surface area contributed by atoms with Gasteiger partial charge >= 0.3 is 5.69 Å². The van der Waals surface area contributed by atoms with E-state index in [0.29, 0.717) is 12.2 Å². The van der Waals surface area contributed by atoms with Crippen LogP contribution in [0.5, 0.6) is 0 Å². The largest absolute Gasteiger partial charge is 0.375 e. The van der Waals surface area contributed by atoms with E-state index in [-0.39, 0.29) is 26.9 Å². The van der Waals surface area contributed by atoms with Crippen LogP contribution in [0, 0.1) is 26.0 Å². The van der Waals surface area contributed by atoms with Gasteiger partial charge in [0.15, 0.2) is 0 Å². The third-order valence-corrected chi connectivity index (χ3v) is 10.7. The van der Waals surface area contributed by atoms with Gasteiger partial charge in [-0.3, -0.25) is 33.8 Å². The number of benzene rings is 4. The van der Waals surface area contributed by atoms with Crippen molar-refractivity contribution < 1.29 is 31.1 Å². The number of halogens is 1. The SMILES string of the molecule is CN(c1ccc(F)c([N+](=O)[O-])c1)S(=O)(=O)c1ccccc1.CN(c1ccc(NCc2ccncc2)c([N+](=O)[O-])c1)S(=O)(=O)c1ccccc1. The fraction of sp³-hybridized carbons (Fsp3) is 0.0938. The highest BCUT2D eigenvalue weighted by Crippen LogP contribution is 2.32. The minimum Gasteiger partial charge on any atom is -0.375 e. The highest BCUT2D eigenvalue weighted by Gasteiger charge is 2.25. The summed E-state index contributed by atoms with van der Waals surface area (Å²) in [4.78, 5) is 24.9. The van der Waals surface area contributed by atoms with Crippen LogP contribution in [0.1, 0.15) is 5.56 Å². The molecule has 4 aromatic carbocycles. The molecular formula is C32H29FN6O8S2. The van der Waals surface area contributed by atoms with Crippen LogP contribution < -0.4 is 13.9 Å². The van der Waals surface area contributed by atoms with Gasteiger partial charge in [0, 0.05) is 45.2 Å². The second-order valence-electron chi connectivity index (χ2n) is 10.1. The van der Waals surface area contributed by atoms with Crippen LogP contribution in [0.25, 0.3) is 0 Å². The molecule has 0 aliphatic rings. The first-order valence-electron chi connectivity index (χ1n) is 14.2. The van der Waals surface area contributed by atoms with Crippen LogP contribution in [0.4, 0.5) is 32.8 Å². The van der Waals surface area contributed by atoms with Crippen LogP contribution in [0.15, 0.2) is 131 Å². The van der Waals surface area contributed by atoms with E-state index in [9.17, 15) is 41.5 Å². The lowest BCUT2D eigenvalue weighted by molar-refractivity contribution is -0.387. The number of sulfonamides is 2. The summed E-state index contributed by atoms with van der Waals surface area (Å²) in [5, 5.41) is 25.2. The number of rotatable bonds is 11. The van der Waals surface area contributed by atoms with E-state index < -0.39 is 41.4 Å². The third-order valence-electron chi connectivity index (χ3n) is 7.07. The molecular weight excluding hydrogens is 680 g/mol. The van der Waals surface area contributed by atoms with Gasteiger partial charge < -0.3 is 5.32 Å². The number of pyridine rings is 1. The van der Waals surface area contributed by atoms with E-state index >= 15 is 0 Å². The summed E-state index contributed by atoms with van der Waals surface area (Å²) < 4.78 is 65.4. The van der Waals surface area contributed by atoms with Crippen molar-refractivity contribution in [2.45, 2.75) is 16.3 Å². The maximum Gasteiger partial charge on any atom is 0.306 e.